The molecule has 0 spiro atoms. The Kier molecular flexibility index (Phi) is 5.93. The third kappa shape index (κ3) is 6.14. The van der Waals surface area contributed by atoms with Gasteiger partial charge in [-0.3, -0.25) is 0 Å². The fraction of sp³-hybridized carbons (Fsp3) is 0.529. The maximum Gasteiger partial charge on any atom is 0.410 e. The van der Waals surface area contributed by atoms with E-state index in [0.29, 0.717) is 25.9 Å². The van der Waals surface area contributed by atoms with Crippen LogP contribution < -0.4 is 0 Å². The highest BCUT2D eigenvalue weighted by Gasteiger charge is 2.25. The van der Waals surface area contributed by atoms with Crippen molar-refractivity contribution >= 4 is 23.8 Å². The molecule has 5 nitrogen and oxygen atoms in total. The first kappa shape index (κ1) is 17.7. The summed E-state index contributed by atoms with van der Waals surface area (Å²) in [5.41, 5.74) is 1.73. The summed E-state index contributed by atoms with van der Waals surface area (Å²) in [5.74, 6) is 0. The Labute approximate surface area is 142 Å². The van der Waals surface area contributed by atoms with Gasteiger partial charge in [-0.15, -0.1) is 0 Å². The molecule has 1 heterocycles. The fourth-order valence-corrected chi connectivity index (χ4v) is 2.55. The second-order valence-electron chi connectivity index (χ2n) is 6.60. The molecule has 23 heavy (non-hydrogen) atoms. The van der Waals surface area contributed by atoms with Crippen LogP contribution in [0.3, 0.4) is 0 Å². The summed E-state index contributed by atoms with van der Waals surface area (Å²) >= 11 is 1.25. The minimum absolute atomic E-state index is 0.258. The van der Waals surface area contributed by atoms with Crippen molar-refractivity contribution in [1.82, 2.24) is 4.90 Å². The molecule has 2 rings (SSSR count). The number of aryl methyl sites for hydroxylation is 1. The van der Waals surface area contributed by atoms with Crippen molar-refractivity contribution in [2.75, 3.05) is 13.1 Å². The Bertz CT molecular complexity index is 554. The zero-order valence-electron chi connectivity index (χ0n) is 14.2. The van der Waals surface area contributed by atoms with Gasteiger partial charge in [0.2, 0.25) is 0 Å². The zero-order chi connectivity index (χ0) is 16.9. The Hall–Kier alpha value is -1.69. The molecule has 0 unspecified atom stereocenters. The zero-order valence-corrected chi connectivity index (χ0v) is 15.0. The molecule has 1 saturated heterocycles. The number of benzene rings is 1. The van der Waals surface area contributed by atoms with Crippen LogP contribution in [0.1, 0.15) is 39.2 Å². The van der Waals surface area contributed by atoms with E-state index in [-0.39, 0.29) is 6.09 Å². The molecule has 1 aromatic rings. The molecule has 1 aliphatic heterocycles. The molecule has 0 radical (unpaired) electrons. The average molecular weight is 336 g/mol. The molecular formula is C17H24N2O3S. The van der Waals surface area contributed by atoms with Crippen molar-refractivity contribution in [3.63, 3.8) is 0 Å². The molecular weight excluding hydrogens is 312 g/mol. The number of nitrogens with zero attached hydrogens (tertiary/aromatic N) is 2. The van der Waals surface area contributed by atoms with Gasteiger partial charge in [0.1, 0.15) is 17.6 Å². The third-order valence-electron chi connectivity index (χ3n) is 3.31. The summed E-state index contributed by atoms with van der Waals surface area (Å²) in [4.78, 5) is 14.7. The van der Waals surface area contributed by atoms with Gasteiger partial charge in [0.15, 0.2) is 0 Å². The summed E-state index contributed by atoms with van der Waals surface area (Å²) in [6.45, 7) is 8.90. The van der Waals surface area contributed by atoms with E-state index < -0.39 is 5.60 Å². The normalized spacial score (nSPS) is 15.3. The number of ether oxygens (including phenoxy) is 1. The van der Waals surface area contributed by atoms with E-state index in [2.05, 4.69) is 5.16 Å². The van der Waals surface area contributed by atoms with Crippen LogP contribution in [-0.2, 0) is 9.02 Å². The van der Waals surface area contributed by atoms with Crippen LogP contribution in [-0.4, -0.2) is 35.4 Å². The Morgan fingerprint density at radius 2 is 1.78 bits per heavy atom. The van der Waals surface area contributed by atoms with Gasteiger partial charge in [-0.2, -0.15) is 0 Å². The maximum absolute atomic E-state index is 12.0. The van der Waals surface area contributed by atoms with Crippen LogP contribution in [0.5, 0.6) is 0 Å². The lowest BCUT2D eigenvalue weighted by Crippen LogP contribution is -2.41. The molecule has 126 valence electrons. The van der Waals surface area contributed by atoms with Gasteiger partial charge in [-0.05, 0) is 39.8 Å². The smallest absolute Gasteiger partial charge is 0.410 e. The minimum atomic E-state index is -0.459. The van der Waals surface area contributed by atoms with E-state index in [4.69, 9.17) is 9.02 Å². The average Bonchev–Trinajstić information content (AvgIpc) is 2.48. The number of hydrogen-bond donors (Lipinski definition) is 0. The number of carbonyl (C=O) groups is 1. The second kappa shape index (κ2) is 7.73. The van der Waals surface area contributed by atoms with Gasteiger partial charge in [0, 0.05) is 25.9 Å². The van der Waals surface area contributed by atoms with Crippen LogP contribution in [0.2, 0.25) is 0 Å². The molecule has 0 aliphatic carbocycles. The Balaban J connectivity index is 1.75. The molecule has 0 atom stereocenters. The van der Waals surface area contributed by atoms with Crippen LogP contribution in [0.4, 0.5) is 4.79 Å². The van der Waals surface area contributed by atoms with Crippen molar-refractivity contribution in [3.05, 3.63) is 29.8 Å². The molecule has 1 amide bonds. The lowest BCUT2D eigenvalue weighted by atomic mass is 10.1. The second-order valence-corrected chi connectivity index (χ2v) is 7.38. The van der Waals surface area contributed by atoms with Gasteiger partial charge in [-0.25, -0.2) is 4.79 Å². The van der Waals surface area contributed by atoms with E-state index in [1.54, 1.807) is 4.90 Å². The number of carbonyl (C=O) groups excluding carboxylic acids is 1. The summed E-state index contributed by atoms with van der Waals surface area (Å²) in [7, 11) is 0. The molecule has 6 heteroatoms. The SMILES string of the molecule is Cc1ccc(SON=C2CCN(C(=O)OC(C)(C)C)CC2)cc1. The molecule has 1 aliphatic rings. The lowest BCUT2D eigenvalue weighted by Gasteiger charge is -2.30. The van der Waals surface area contributed by atoms with Gasteiger partial charge >= 0.3 is 6.09 Å². The quantitative estimate of drug-likeness (QED) is 0.606. The topological polar surface area (TPSA) is 51.1 Å². The maximum atomic E-state index is 12.0. The van der Waals surface area contributed by atoms with Crippen LogP contribution in [0.25, 0.3) is 0 Å². The number of likely N-dealkylation sites (tertiary alicyclic amines) is 1. The van der Waals surface area contributed by atoms with E-state index in [1.165, 1.54) is 17.6 Å². The number of rotatable bonds is 3. The highest BCUT2D eigenvalue weighted by atomic mass is 32.2. The van der Waals surface area contributed by atoms with Crippen molar-refractivity contribution in [1.29, 1.82) is 0 Å². The first-order valence-electron chi connectivity index (χ1n) is 7.77. The summed E-state index contributed by atoms with van der Waals surface area (Å²) in [6, 6.07) is 8.09. The molecule has 0 bridgehead atoms. The predicted molar refractivity (Wildman–Crippen MR) is 92.6 cm³/mol. The monoisotopic (exact) mass is 336 g/mol. The van der Waals surface area contributed by atoms with Crippen LogP contribution in [0.15, 0.2) is 34.3 Å². The van der Waals surface area contributed by atoms with Gasteiger partial charge < -0.3 is 13.9 Å². The third-order valence-corrected chi connectivity index (χ3v) is 3.93. The number of amides is 1. The summed E-state index contributed by atoms with van der Waals surface area (Å²) in [6.07, 6.45) is 1.17. The summed E-state index contributed by atoms with van der Waals surface area (Å²) in [5, 5.41) is 4.17. The Morgan fingerprint density at radius 3 is 2.35 bits per heavy atom. The molecule has 1 aromatic carbocycles. The van der Waals surface area contributed by atoms with Crippen molar-refractivity contribution in [2.24, 2.45) is 5.16 Å². The fourth-order valence-electron chi connectivity index (χ4n) is 2.07. The van der Waals surface area contributed by atoms with Crippen molar-refractivity contribution < 1.29 is 13.8 Å². The minimum Gasteiger partial charge on any atom is -0.444 e. The van der Waals surface area contributed by atoms with Gasteiger partial charge in [0.05, 0.1) is 10.6 Å². The van der Waals surface area contributed by atoms with E-state index in [0.717, 1.165) is 10.6 Å². The molecule has 0 aromatic heterocycles. The van der Waals surface area contributed by atoms with E-state index >= 15 is 0 Å². The predicted octanol–water partition coefficient (Wildman–Crippen LogP) is 4.41. The molecule has 0 N–H and O–H groups in total. The largest absolute Gasteiger partial charge is 0.444 e. The number of piperidine rings is 1. The van der Waals surface area contributed by atoms with Crippen molar-refractivity contribution in [3.8, 4) is 0 Å². The highest BCUT2D eigenvalue weighted by Crippen LogP contribution is 2.21. The van der Waals surface area contributed by atoms with Crippen molar-refractivity contribution in [2.45, 2.75) is 51.0 Å². The highest BCUT2D eigenvalue weighted by molar-refractivity contribution is 7.94. The number of oxime groups is 1. The first-order chi connectivity index (χ1) is 10.8. The molecule has 0 saturated carbocycles. The van der Waals surface area contributed by atoms with Gasteiger partial charge in [0.25, 0.3) is 0 Å². The first-order valence-corrected chi connectivity index (χ1v) is 8.52. The lowest BCUT2D eigenvalue weighted by molar-refractivity contribution is 0.0248. The molecule has 1 fully saturated rings. The van der Waals surface area contributed by atoms with E-state index in [9.17, 15) is 4.79 Å². The number of hydrogen-bond acceptors (Lipinski definition) is 5. The summed E-state index contributed by atoms with van der Waals surface area (Å²) < 4.78 is 10.7. The van der Waals surface area contributed by atoms with Crippen LogP contribution >= 0.6 is 12.0 Å². The Morgan fingerprint density at radius 1 is 1.17 bits per heavy atom. The van der Waals surface area contributed by atoms with E-state index in [1.807, 2.05) is 52.0 Å². The van der Waals surface area contributed by atoms with Gasteiger partial charge in [-0.1, -0.05) is 22.9 Å². The van der Waals surface area contributed by atoms with Crippen LogP contribution in [0, 0.1) is 6.92 Å². The standard InChI is InChI=1S/C17H24N2O3S/c1-13-5-7-15(8-6-13)23-22-18-14-9-11-19(12-10-14)16(20)21-17(2,3)4/h5-8H,9-12H2,1-4H3.